The van der Waals surface area contributed by atoms with Crippen molar-refractivity contribution in [3.8, 4) is 17.6 Å². The summed E-state index contributed by atoms with van der Waals surface area (Å²) in [6, 6.07) is 7.48. The van der Waals surface area contributed by atoms with Crippen LogP contribution in [-0.2, 0) is 11.2 Å². The van der Waals surface area contributed by atoms with Gasteiger partial charge in [0.1, 0.15) is 0 Å². The number of ether oxygens (including phenoxy) is 2. The van der Waals surface area contributed by atoms with E-state index in [1.54, 1.807) is 26.4 Å². The maximum absolute atomic E-state index is 10.8. The Hall–Kier alpha value is -2.22. The maximum atomic E-state index is 10.8. The lowest BCUT2D eigenvalue weighted by Crippen LogP contribution is -2.16. The minimum atomic E-state index is -0.470. The number of hydrogen-bond donors (Lipinski definition) is 1. The molecule has 5 heteroatoms. The van der Waals surface area contributed by atoms with E-state index in [-0.39, 0.29) is 6.42 Å². The molecule has 0 fully saturated rings. The number of methoxy groups -OCH3 is 2. The SMILES string of the molecule is COc1ccc(CC(C#N)CC(N)=O)cc1OC. The second-order valence-corrected chi connectivity index (χ2v) is 3.89. The number of nitriles is 1. The Morgan fingerprint density at radius 1 is 1.39 bits per heavy atom. The number of rotatable bonds is 6. The molecule has 18 heavy (non-hydrogen) atoms. The Morgan fingerprint density at radius 3 is 2.56 bits per heavy atom. The number of nitrogens with two attached hydrogens (primary N) is 1. The van der Waals surface area contributed by atoms with Crippen molar-refractivity contribution in [1.82, 2.24) is 0 Å². The number of amides is 1. The van der Waals surface area contributed by atoms with Crippen LogP contribution in [0.5, 0.6) is 11.5 Å². The van der Waals surface area contributed by atoms with Crippen LogP contribution in [0.1, 0.15) is 12.0 Å². The van der Waals surface area contributed by atoms with Gasteiger partial charge in [0.15, 0.2) is 11.5 Å². The van der Waals surface area contributed by atoms with E-state index in [1.807, 2.05) is 6.07 Å². The van der Waals surface area contributed by atoms with Gasteiger partial charge < -0.3 is 15.2 Å². The predicted molar refractivity (Wildman–Crippen MR) is 66.2 cm³/mol. The number of benzene rings is 1. The molecule has 2 N–H and O–H groups in total. The zero-order chi connectivity index (χ0) is 13.5. The fraction of sp³-hybridized carbons (Fsp3) is 0.385. The molecule has 0 radical (unpaired) electrons. The fourth-order valence-electron chi connectivity index (χ4n) is 1.70. The van der Waals surface area contributed by atoms with E-state index in [9.17, 15) is 4.79 Å². The molecule has 1 amide bonds. The van der Waals surface area contributed by atoms with Gasteiger partial charge in [-0.05, 0) is 24.1 Å². The molecule has 0 aromatic heterocycles. The quantitative estimate of drug-likeness (QED) is 0.821. The van der Waals surface area contributed by atoms with Crippen molar-refractivity contribution >= 4 is 5.91 Å². The Morgan fingerprint density at radius 2 is 2.06 bits per heavy atom. The van der Waals surface area contributed by atoms with Crippen LogP contribution in [0.4, 0.5) is 0 Å². The molecule has 1 unspecified atom stereocenters. The van der Waals surface area contributed by atoms with E-state index in [0.717, 1.165) is 5.56 Å². The first kappa shape index (κ1) is 13.8. The van der Waals surface area contributed by atoms with Crippen LogP contribution in [0.15, 0.2) is 18.2 Å². The monoisotopic (exact) mass is 248 g/mol. The lowest BCUT2D eigenvalue weighted by Gasteiger charge is -2.11. The summed E-state index contributed by atoms with van der Waals surface area (Å²) in [5.74, 6) is 0.345. The number of carbonyl (C=O) groups is 1. The fourth-order valence-corrected chi connectivity index (χ4v) is 1.70. The first-order valence-corrected chi connectivity index (χ1v) is 5.49. The maximum Gasteiger partial charge on any atom is 0.218 e. The highest BCUT2D eigenvalue weighted by Crippen LogP contribution is 2.28. The summed E-state index contributed by atoms with van der Waals surface area (Å²) >= 11 is 0. The highest BCUT2D eigenvalue weighted by atomic mass is 16.5. The molecule has 0 spiro atoms. The van der Waals surface area contributed by atoms with Crippen LogP contribution >= 0.6 is 0 Å². The van der Waals surface area contributed by atoms with Crippen LogP contribution in [0, 0.1) is 17.2 Å². The number of carbonyl (C=O) groups excluding carboxylic acids is 1. The van der Waals surface area contributed by atoms with Gasteiger partial charge in [-0.15, -0.1) is 0 Å². The van der Waals surface area contributed by atoms with Gasteiger partial charge in [-0.2, -0.15) is 5.26 Å². The van der Waals surface area contributed by atoms with Gasteiger partial charge in [-0.1, -0.05) is 6.07 Å². The van der Waals surface area contributed by atoms with Gasteiger partial charge in [0.25, 0.3) is 0 Å². The summed E-state index contributed by atoms with van der Waals surface area (Å²) in [5, 5.41) is 8.95. The summed E-state index contributed by atoms with van der Waals surface area (Å²) in [7, 11) is 3.11. The standard InChI is InChI=1S/C13H16N2O3/c1-17-11-4-3-9(6-12(11)18-2)5-10(8-14)7-13(15)16/h3-4,6,10H,5,7H2,1-2H3,(H2,15,16). The van der Waals surface area contributed by atoms with E-state index in [4.69, 9.17) is 20.5 Å². The molecule has 1 aromatic carbocycles. The second-order valence-electron chi connectivity index (χ2n) is 3.89. The second kappa shape index (κ2) is 6.50. The molecular formula is C13H16N2O3. The van der Waals surface area contributed by atoms with Crippen molar-refractivity contribution in [3.63, 3.8) is 0 Å². The van der Waals surface area contributed by atoms with Crippen molar-refractivity contribution in [1.29, 1.82) is 5.26 Å². The molecule has 1 atom stereocenters. The Balaban J connectivity index is 2.84. The summed E-state index contributed by atoms with van der Waals surface area (Å²) in [6.07, 6.45) is 0.518. The molecule has 0 bridgehead atoms. The van der Waals surface area contributed by atoms with Crippen molar-refractivity contribution in [2.45, 2.75) is 12.8 Å². The van der Waals surface area contributed by atoms with Crippen LogP contribution in [-0.4, -0.2) is 20.1 Å². The van der Waals surface area contributed by atoms with Crippen molar-refractivity contribution < 1.29 is 14.3 Å². The molecule has 1 rings (SSSR count). The Bertz CT molecular complexity index is 466. The van der Waals surface area contributed by atoms with Crippen LogP contribution in [0.25, 0.3) is 0 Å². The molecule has 0 saturated heterocycles. The van der Waals surface area contributed by atoms with Gasteiger partial charge in [0, 0.05) is 6.42 Å². The lowest BCUT2D eigenvalue weighted by atomic mass is 9.97. The minimum absolute atomic E-state index is 0.0604. The van der Waals surface area contributed by atoms with E-state index in [2.05, 4.69) is 6.07 Å². The highest BCUT2D eigenvalue weighted by molar-refractivity contribution is 5.74. The molecule has 0 heterocycles. The van der Waals surface area contributed by atoms with Gasteiger partial charge in [0.05, 0.1) is 26.2 Å². The average Bonchev–Trinajstić information content (AvgIpc) is 2.37. The van der Waals surface area contributed by atoms with E-state index in [0.29, 0.717) is 17.9 Å². The van der Waals surface area contributed by atoms with E-state index in [1.165, 1.54) is 0 Å². The van der Waals surface area contributed by atoms with Crippen molar-refractivity contribution in [2.24, 2.45) is 11.7 Å². The lowest BCUT2D eigenvalue weighted by molar-refractivity contribution is -0.118. The molecule has 0 aliphatic rings. The highest BCUT2D eigenvalue weighted by Gasteiger charge is 2.13. The zero-order valence-electron chi connectivity index (χ0n) is 10.5. The summed E-state index contributed by atoms with van der Waals surface area (Å²) < 4.78 is 10.3. The smallest absolute Gasteiger partial charge is 0.218 e. The Kier molecular flexibility index (Phi) is 5.00. The number of hydrogen-bond acceptors (Lipinski definition) is 4. The van der Waals surface area contributed by atoms with E-state index >= 15 is 0 Å². The third-order valence-electron chi connectivity index (χ3n) is 2.56. The van der Waals surface area contributed by atoms with Crippen molar-refractivity contribution in [3.05, 3.63) is 23.8 Å². The molecule has 1 aromatic rings. The van der Waals surface area contributed by atoms with Gasteiger partial charge in [-0.3, -0.25) is 4.79 Å². The van der Waals surface area contributed by atoms with Gasteiger partial charge in [0.2, 0.25) is 5.91 Å². The van der Waals surface area contributed by atoms with E-state index < -0.39 is 11.8 Å². The first-order valence-electron chi connectivity index (χ1n) is 5.49. The molecule has 0 aliphatic heterocycles. The zero-order valence-corrected chi connectivity index (χ0v) is 10.5. The summed E-state index contributed by atoms with van der Waals surface area (Å²) in [4.78, 5) is 10.8. The molecule has 0 aliphatic carbocycles. The minimum Gasteiger partial charge on any atom is -0.493 e. The topological polar surface area (TPSA) is 85.3 Å². The van der Waals surface area contributed by atoms with Crippen molar-refractivity contribution in [2.75, 3.05) is 14.2 Å². The molecule has 5 nitrogen and oxygen atoms in total. The van der Waals surface area contributed by atoms with Gasteiger partial charge in [-0.25, -0.2) is 0 Å². The molecule has 0 saturated carbocycles. The first-order chi connectivity index (χ1) is 8.60. The third-order valence-corrected chi connectivity index (χ3v) is 2.56. The Labute approximate surface area is 106 Å². The third kappa shape index (κ3) is 3.67. The van der Waals surface area contributed by atoms with Crippen LogP contribution < -0.4 is 15.2 Å². The number of nitrogens with zero attached hydrogens (tertiary/aromatic N) is 1. The molecular weight excluding hydrogens is 232 g/mol. The molecule has 96 valence electrons. The van der Waals surface area contributed by atoms with Crippen LogP contribution in [0.3, 0.4) is 0 Å². The van der Waals surface area contributed by atoms with Crippen LogP contribution in [0.2, 0.25) is 0 Å². The summed E-state index contributed by atoms with van der Waals surface area (Å²) in [5.41, 5.74) is 5.99. The summed E-state index contributed by atoms with van der Waals surface area (Å²) in [6.45, 7) is 0. The number of primary amides is 1. The average molecular weight is 248 g/mol. The predicted octanol–water partition coefficient (Wildman–Crippen LogP) is 1.26. The van der Waals surface area contributed by atoms with Gasteiger partial charge >= 0.3 is 0 Å². The normalized spacial score (nSPS) is 11.4. The largest absolute Gasteiger partial charge is 0.493 e.